The predicted octanol–water partition coefficient (Wildman–Crippen LogP) is 15.4. The normalized spacial score (nSPS) is 12.8. The highest BCUT2D eigenvalue weighted by Crippen LogP contribution is 2.55. The van der Waals surface area contributed by atoms with Crippen molar-refractivity contribution in [2.24, 2.45) is 0 Å². The number of rotatable bonds is 7. The molecule has 1 aliphatic heterocycles. The van der Waals surface area contributed by atoms with Crippen LogP contribution in [-0.2, 0) is 5.41 Å². The van der Waals surface area contributed by atoms with Gasteiger partial charge < -0.3 is 9.80 Å². The Balaban J connectivity index is 1.08. The number of fused-ring (bicyclic) bond motifs is 3. The molecule has 0 spiro atoms. The SMILES string of the molecule is CC1(C)c2ccccc2N(c2c(-c3ccccc3)ccc3ccccc23)c2cc(-c3ccc(-c4cccc(N(c5ccccc5)c5ccccc5)c4)cc3)ccc21. The van der Waals surface area contributed by atoms with E-state index in [0.717, 1.165) is 17.1 Å². The minimum atomic E-state index is -0.194. The molecular formula is C55H42N2. The van der Waals surface area contributed by atoms with Gasteiger partial charge in [0.15, 0.2) is 0 Å². The predicted molar refractivity (Wildman–Crippen MR) is 242 cm³/mol. The Morgan fingerprint density at radius 1 is 0.368 bits per heavy atom. The van der Waals surface area contributed by atoms with E-state index in [0.29, 0.717) is 0 Å². The molecule has 0 unspecified atom stereocenters. The van der Waals surface area contributed by atoms with Gasteiger partial charge in [-0.15, -0.1) is 0 Å². The molecular weight excluding hydrogens is 689 g/mol. The molecule has 0 saturated carbocycles. The van der Waals surface area contributed by atoms with Crippen molar-refractivity contribution in [2.45, 2.75) is 19.3 Å². The van der Waals surface area contributed by atoms with Gasteiger partial charge in [0.25, 0.3) is 0 Å². The zero-order valence-corrected chi connectivity index (χ0v) is 32.2. The van der Waals surface area contributed by atoms with Crippen molar-refractivity contribution in [1.82, 2.24) is 0 Å². The fourth-order valence-electron chi connectivity index (χ4n) is 8.77. The number of para-hydroxylation sites is 3. The zero-order chi connectivity index (χ0) is 38.3. The third-order valence-corrected chi connectivity index (χ3v) is 11.6. The molecule has 0 saturated heterocycles. The molecule has 2 heteroatoms. The standard InChI is InChI=1S/C55H42N2/c1-55(2)50-27-14-15-28-52(50)57(54-48-26-13-12-19-42(48)33-35-49(54)41-17-6-3-7-18-41)53-38-44(34-36-51(53)55)40-31-29-39(30-32-40)43-20-16-25-47(37-43)56(45-21-8-4-9-22-45)46-23-10-5-11-24-46/h3-38H,1-2H3. The Kier molecular flexibility index (Phi) is 8.53. The monoisotopic (exact) mass is 730 g/mol. The number of nitrogens with zero attached hydrogens (tertiary/aromatic N) is 2. The van der Waals surface area contributed by atoms with E-state index in [9.17, 15) is 0 Å². The minimum Gasteiger partial charge on any atom is -0.310 e. The van der Waals surface area contributed by atoms with E-state index >= 15 is 0 Å². The first kappa shape index (κ1) is 34.3. The van der Waals surface area contributed by atoms with Crippen molar-refractivity contribution < 1.29 is 0 Å². The van der Waals surface area contributed by atoms with Crippen LogP contribution in [0.15, 0.2) is 218 Å². The summed E-state index contributed by atoms with van der Waals surface area (Å²) in [7, 11) is 0. The molecule has 0 aromatic heterocycles. The lowest BCUT2D eigenvalue weighted by atomic mass is 9.73. The molecule has 2 nitrogen and oxygen atoms in total. The Hall–Kier alpha value is -7.16. The smallest absolute Gasteiger partial charge is 0.0618 e. The van der Waals surface area contributed by atoms with Crippen LogP contribution in [0.2, 0.25) is 0 Å². The molecule has 1 heterocycles. The molecule has 0 radical (unpaired) electrons. The lowest BCUT2D eigenvalue weighted by molar-refractivity contribution is 0.632. The van der Waals surface area contributed by atoms with Crippen LogP contribution in [0.1, 0.15) is 25.0 Å². The summed E-state index contributed by atoms with van der Waals surface area (Å²) in [5.74, 6) is 0. The average molecular weight is 731 g/mol. The second-order valence-corrected chi connectivity index (χ2v) is 15.4. The second kappa shape index (κ2) is 14.2. The summed E-state index contributed by atoms with van der Waals surface area (Å²) in [5.41, 5.74) is 16.6. The molecule has 9 aromatic carbocycles. The van der Waals surface area contributed by atoms with Gasteiger partial charge in [-0.25, -0.2) is 0 Å². The third-order valence-electron chi connectivity index (χ3n) is 11.6. The molecule has 0 atom stereocenters. The first-order chi connectivity index (χ1) is 28.0. The van der Waals surface area contributed by atoms with Crippen LogP contribution in [0.5, 0.6) is 0 Å². The number of hydrogen-bond donors (Lipinski definition) is 0. The highest BCUT2D eigenvalue weighted by molar-refractivity contribution is 6.07. The maximum Gasteiger partial charge on any atom is 0.0618 e. The van der Waals surface area contributed by atoms with Gasteiger partial charge in [-0.1, -0.05) is 184 Å². The summed E-state index contributed by atoms with van der Waals surface area (Å²) in [6, 6.07) is 79.3. The quantitative estimate of drug-likeness (QED) is 0.161. The van der Waals surface area contributed by atoms with Gasteiger partial charge in [0.2, 0.25) is 0 Å². The fraction of sp³-hybridized carbons (Fsp3) is 0.0545. The molecule has 0 amide bonds. The Morgan fingerprint density at radius 2 is 0.895 bits per heavy atom. The Bertz CT molecular complexity index is 2820. The highest BCUT2D eigenvalue weighted by Gasteiger charge is 2.38. The van der Waals surface area contributed by atoms with Crippen molar-refractivity contribution >= 4 is 44.9 Å². The van der Waals surface area contributed by atoms with Crippen LogP contribution in [-0.4, -0.2) is 0 Å². The van der Waals surface area contributed by atoms with E-state index in [4.69, 9.17) is 0 Å². The fourth-order valence-corrected chi connectivity index (χ4v) is 8.77. The van der Waals surface area contributed by atoms with Crippen LogP contribution < -0.4 is 9.80 Å². The molecule has 272 valence electrons. The molecule has 1 aliphatic rings. The number of hydrogen-bond acceptors (Lipinski definition) is 2. The van der Waals surface area contributed by atoms with Gasteiger partial charge in [-0.2, -0.15) is 0 Å². The Morgan fingerprint density at radius 3 is 1.60 bits per heavy atom. The van der Waals surface area contributed by atoms with Crippen LogP contribution in [0.4, 0.5) is 34.1 Å². The molecule has 0 bridgehead atoms. The summed E-state index contributed by atoms with van der Waals surface area (Å²) < 4.78 is 0. The van der Waals surface area contributed by atoms with Crippen LogP contribution in [0.25, 0.3) is 44.2 Å². The van der Waals surface area contributed by atoms with Crippen molar-refractivity contribution in [3.63, 3.8) is 0 Å². The maximum atomic E-state index is 2.54. The number of benzene rings is 9. The highest BCUT2D eigenvalue weighted by atomic mass is 15.2. The third kappa shape index (κ3) is 6.07. The molecule has 0 fully saturated rings. The molecule has 9 aromatic rings. The van der Waals surface area contributed by atoms with Crippen molar-refractivity contribution in [1.29, 1.82) is 0 Å². The summed E-state index contributed by atoms with van der Waals surface area (Å²) in [4.78, 5) is 4.85. The topological polar surface area (TPSA) is 6.48 Å². The molecule has 57 heavy (non-hydrogen) atoms. The van der Waals surface area contributed by atoms with Gasteiger partial charge in [-0.05, 0) is 92.9 Å². The van der Waals surface area contributed by atoms with Crippen molar-refractivity contribution in [2.75, 3.05) is 9.80 Å². The summed E-state index contributed by atoms with van der Waals surface area (Å²) >= 11 is 0. The summed E-state index contributed by atoms with van der Waals surface area (Å²) in [5, 5.41) is 2.46. The van der Waals surface area contributed by atoms with Gasteiger partial charge in [0.05, 0.1) is 17.1 Å². The molecule has 0 aliphatic carbocycles. The maximum absolute atomic E-state index is 2.54. The number of anilines is 6. The average Bonchev–Trinajstić information content (AvgIpc) is 3.28. The van der Waals surface area contributed by atoms with Gasteiger partial charge in [0.1, 0.15) is 0 Å². The van der Waals surface area contributed by atoms with Gasteiger partial charge >= 0.3 is 0 Å². The lowest BCUT2D eigenvalue weighted by Crippen LogP contribution is -2.31. The zero-order valence-electron chi connectivity index (χ0n) is 32.2. The second-order valence-electron chi connectivity index (χ2n) is 15.4. The molecule has 10 rings (SSSR count). The van der Waals surface area contributed by atoms with Gasteiger partial charge in [0, 0.05) is 33.4 Å². The minimum absolute atomic E-state index is 0.194. The van der Waals surface area contributed by atoms with E-state index in [-0.39, 0.29) is 5.41 Å². The van der Waals surface area contributed by atoms with E-state index in [1.54, 1.807) is 0 Å². The van der Waals surface area contributed by atoms with E-state index in [1.807, 2.05) is 0 Å². The first-order valence-corrected chi connectivity index (χ1v) is 19.8. The largest absolute Gasteiger partial charge is 0.310 e. The lowest BCUT2D eigenvalue weighted by Gasteiger charge is -2.43. The van der Waals surface area contributed by atoms with Crippen LogP contribution >= 0.6 is 0 Å². The Labute approximate surface area is 335 Å². The van der Waals surface area contributed by atoms with E-state index in [1.165, 1.54) is 72.3 Å². The van der Waals surface area contributed by atoms with Gasteiger partial charge in [-0.3, -0.25) is 0 Å². The molecule has 0 N–H and O–H groups in total. The first-order valence-electron chi connectivity index (χ1n) is 19.8. The van der Waals surface area contributed by atoms with E-state index < -0.39 is 0 Å². The van der Waals surface area contributed by atoms with Crippen molar-refractivity contribution in [3.05, 3.63) is 230 Å². The van der Waals surface area contributed by atoms with Crippen molar-refractivity contribution in [3.8, 4) is 33.4 Å². The summed E-state index contributed by atoms with van der Waals surface area (Å²) in [6.45, 7) is 4.73. The van der Waals surface area contributed by atoms with E-state index in [2.05, 4.69) is 242 Å². The van der Waals surface area contributed by atoms with Crippen LogP contribution in [0.3, 0.4) is 0 Å². The van der Waals surface area contributed by atoms with Crippen LogP contribution in [0, 0.1) is 0 Å². The summed E-state index contributed by atoms with van der Waals surface area (Å²) in [6.07, 6.45) is 0.